The normalized spacial score (nSPS) is 17.5. The molecule has 0 saturated carbocycles. The van der Waals surface area contributed by atoms with Gasteiger partial charge in [-0.05, 0) is 149 Å². The van der Waals surface area contributed by atoms with Crippen LogP contribution >= 0.6 is 0 Å². The first-order valence-corrected chi connectivity index (χ1v) is 29.2. The number of nitrogens with zero attached hydrogens (tertiary/aromatic N) is 5. The van der Waals surface area contributed by atoms with Gasteiger partial charge in [0.1, 0.15) is 40.8 Å². The van der Waals surface area contributed by atoms with E-state index in [1.165, 1.54) is 12.1 Å². The third-order valence-electron chi connectivity index (χ3n) is 13.4. The fourth-order valence-corrected chi connectivity index (χ4v) is 9.79. The van der Waals surface area contributed by atoms with E-state index in [1.807, 2.05) is 137 Å². The van der Waals surface area contributed by atoms with Crippen molar-refractivity contribution in [3.8, 4) is 16.9 Å². The van der Waals surface area contributed by atoms with E-state index in [0.29, 0.717) is 70.9 Å². The van der Waals surface area contributed by atoms with Crippen LogP contribution < -0.4 is 4.74 Å². The van der Waals surface area contributed by atoms with E-state index < -0.39 is 58.1 Å². The lowest BCUT2D eigenvalue weighted by Crippen LogP contribution is -2.48. The summed E-state index contributed by atoms with van der Waals surface area (Å²) in [5.74, 6) is -1.31. The molecule has 2 heterocycles. The van der Waals surface area contributed by atoms with Gasteiger partial charge in [-0.3, -0.25) is 43.7 Å². The van der Waals surface area contributed by atoms with Crippen LogP contribution in [-0.2, 0) is 60.3 Å². The maximum absolute atomic E-state index is 15.1. The van der Waals surface area contributed by atoms with Crippen LogP contribution in [0.15, 0.2) is 60.7 Å². The number of benzene rings is 3. The van der Waals surface area contributed by atoms with Gasteiger partial charge < -0.3 is 33.2 Å². The average molecular weight is 1170 g/mol. The minimum absolute atomic E-state index is 0.00917. The van der Waals surface area contributed by atoms with Crippen LogP contribution in [0.5, 0.6) is 5.75 Å². The van der Waals surface area contributed by atoms with Gasteiger partial charge in [-0.15, -0.1) is 0 Å². The SMILES string of the molecule is Cc1c(/C=C/c2cc(OCCOCCOCCN3CCN(CC(=O)OC(C)(C)C)CCN(CC(=O)OC(C)(C)C)CN(CC(=O)OC(C)(C)C)CC3)c(CN3CCCC[C@H]3C(=O)OC(C)(C)C)cc2C(F)(F)F)cccc1-c1ccccc1. The van der Waals surface area contributed by atoms with Gasteiger partial charge in [-0.2, -0.15) is 13.2 Å². The second kappa shape index (κ2) is 31.1. The lowest BCUT2D eigenvalue weighted by atomic mass is 9.95. The highest BCUT2D eigenvalue weighted by Crippen LogP contribution is 2.39. The van der Waals surface area contributed by atoms with E-state index >= 15 is 13.2 Å². The first kappa shape index (κ1) is 68.4. The summed E-state index contributed by atoms with van der Waals surface area (Å²) in [5, 5.41) is 0. The van der Waals surface area contributed by atoms with Crippen molar-refractivity contribution < 1.29 is 65.5 Å². The molecule has 462 valence electrons. The van der Waals surface area contributed by atoms with Crippen LogP contribution in [0.4, 0.5) is 13.2 Å². The van der Waals surface area contributed by atoms with E-state index in [1.54, 1.807) is 26.8 Å². The Kier molecular flexibility index (Phi) is 25.6. The summed E-state index contributed by atoms with van der Waals surface area (Å²) in [7, 11) is 0. The number of hydrogen-bond acceptors (Lipinski definition) is 16. The molecule has 19 heteroatoms. The number of alkyl halides is 3. The van der Waals surface area contributed by atoms with E-state index in [0.717, 1.165) is 41.2 Å². The highest BCUT2D eigenvalue weighted by Gasteiger charge is 2.37. The molecular formula is C64H94F3N5O11. The highest BCUT2D eigenvalue weighted by molar-refractivity contribution is 5.79. The molecule has 5 rings (SSSR count). The van der Waals surface area contributed by atoms with Gasteiger partial charge in [0.25, 0.3) is 0 Å². The molecular weight excluding hydrogens is 1070 g/mol. The van der Waals surface area contributed by atoms with Gasteiger partial charge >= 0.3 is 30.1 Å². The summed E-state index contributed by atoms with van der Waals surface area (Å²) in [6.45, 7) is 28.9. The van der Waals surface area contributed by atoms with Crippen LogP contribution in [0.2, 0.25) is 0 Å². The zero-order chi connectivity index (χ0) is 61.2. The first-order chi connectivity index (χ1) is 38.8. The molecule has 0 spiro atoms. The number of carbonyl (C=O) groups is 4. The van der Waals surface area contributed by atoms with E-state index in [4.69, 9.17) is 33.2 Å². The monoisotopic (exact) mass is 1170 g/mol. The van der Waals surface area contributed by atoms with Gasteiger partial charge in [0.15, 0.2) is 0 Å². The van der Waals surface area contributed by atoms with Crippen molar-refractivity contribution in [2.75, 3.05) is 112 Å². The quantitative estimate of drug-likeness (QED) is 0.0406. The maximum atomic E-state index is 15.1. The van der Waals surface area contributed by atoms with Gasteiger partial charge in [0.2, 0.25) is 0 Å². The average Bonchev–Trinajstić information content (AvgIpc) is 3.56. The lowest BCUT2D eigenvalue weighted by molar-refractivity contribution is -0.163. The highest BCUT2D eigenvalue weighted by atomic mass is 19.4. The molecule has 2 fully saturated rings. The molecule has 16 nitrogen and oxygen atoms in total. The lowest BCUT2D eigenvalue weighted by Gasteiger charge is -2.36. The number of likely N-dealkylation sites (tertiary alicyclic amines) is 1. The second-order valence-corrected chi connectivity index (χ2v) is 25.5. The molecule has 0 amide bonds. The van der Waals surface area contributed by atoms with Crippen molar-refractivity contribution in [2.45, 2.75) is 150 Å². The molecule has 0 N–H and O–H groups in total. The van der Waals surface area contributed by atoms with Crippen molar-refractivity contribution >= 4 is 36.0 Å². The van der Waals surface area contributed by atoms with Crippen molar-refractivity contribution in [3.63, 3.8) is 0 Å². The number of hydrogen-bond donors (Lipinski definition) is 0. The molecule has 2 saturated heterocycles. The van der Waals surface area contributed by atoms with Crippen molar-refractivity contribution in [2.24, 2.45) is 0 Å². The predicted octanol–water partition coefficient (Wildman–Crippen LogP) is 10.2. The van der Waals surface area contributed by atoms with Gasteiger partial charge in [0.05, 0.1) is 58.3 Å². The third-order valence-corrected chi connectivity index (χ3v) is 13.4. The maximum Gasteiger partial charge on any atom is 0.417 e. The summed E-state index contributed by atoms with van der Waals surface area (Å²) in [6.07, 6.45) is 0.564. The minimum atomic E-state index is -4.70. The Morgan fingerprint density at radius 2 is 1.06 bits per heavy atom. The molecule has 83 heavy (non-hydrogen) atoms. The summed E-state index contributed by atoms with van der Waals surface area (Å²) >= 11 is 0. The second-order valence-electron chi connectivity index (χ2n) is 25.5. The number of piperidine rings is 1. The minimum Gasteiger partial charge on any atom is -0.491 e. The van der Waals surface area contributed by atoms with Gasteiger partial charge in [0, 0.05) is 57.9 Å². The number of ether oxygens (including phenoxy) is 7. The summed E-state index contributed by atoms with van der Waals surface area (Å²) < 4.78 is 86.6. The predicted molar refractivity (Wildman–Crippen MR) is 316 cm³/mol. The Balaban J connectivity index is 1.28. The Morgan fingerprint density at radius 3 is 1.61 bits per heavy atom. The zero-order valence-corrected chi connectivity index (χ0v) is 51.7. The summed E-state index contributed by atoms with van der Waals surface area (Å²) in [4.78, 5) is 63.0. The molecule has 0 bridgehead atoms. The van der Waals surface area contributed by atoms with Crippen LogP contribution in [0.3, 0.4) is 0 Å². The standard InChI is InChI=1S/C64H94F3N5O11/c1-47-48(22-19-23-52(47)49-20-15-14-16-21-49)25-26-50-41-55(51(40-53(50)64(65,66)67)42-72-27-18-17-24-54(72)59(76)83-63(11,12)13)79-39-38-78-37-36-77-35-34-68-28-30-69(43-56(73)80-60(2,3)4)31-33-71(45-58(75)82-62(8,9)10)46-70(32-29-68)44-57(74)81-61(5,6)7/h14-16,19-23,25-26,40-41,54H,17-18,24,27-39,42-46H2,1-13H3/b26-25+/t54-/m0/s1. The molecule has 1 atom stereocenters. The Hall–Kier alpha value is -5.41. The fourth-order valence-electron chi connectivity index (χ4n) is 9.79. The molecule has 0 radical (unpaired) electrons. The summed E-state index contributed by atoms with van der Waals surface area (Å²) in [5.41, 5.74) is 0.291. The molecule has 2 aliphatic heterocycles. The number of esters is 4. The number of rotatable bonds is 22. The molecule has 0 unspecified atom stereocenters. The number of carbonyl (C=O) groups excluding carboxylic acids is 4. The van der Waals surface area contributed by atoms with Crippen LogP contribution in [0.25, 0.3) is 23.3 Å². The van der Waals surface area contributed by atoms with Gasteiger partial charge in [-0.25, -0.2) is 0 Å². The van der Waals surface area contributed by atoms with Crippen molar-refractivity contribution in [3.05, 3.63) is 88.5 Å². The van der Waals surface area contributed by atoms with E-state index in [9.17, 15) is 19.2 Å². The molecule has 0 aliphatic carbocycles. The van der Waals surface area contributed by atoms with E-state index in [2.05, 4.69) is 4.90 Å². The Morgan fingerprint density at radius 1 is 0.554 bits per heavy atom. The molecule has 2 aliphatic rings. The fraction of sp³-hybridized carbons (Fsp3) is 0.625. The molecule has 0 aromatic heterocycles. The Bertz CT molecular complexity index is 2590. The zero-order valence-electron chi connectivity index (χ0n) is 51.7. The van der Waals surface area contributed by atoms with E-state index in [-0.39, 0.29) is 76.6 Å². The first-order valence-electron chi connectivity index (χ1n) is 29.2. The van der Waals surface area contributed by atoms with Crippen LogP contribution in [-0.4, -0.2) is 189 Å². The summed E-state index contributed by atoms with van der Waals surface area (Å²) in [6, 6.07) is 17.5. The van der Waals surface area contributed by atoms with Crippen molar-refractivity contribution in [1.29, 1.82) is 0 Å². The molecule has 3 aromatic carbocycles. The smallest absolute Gasteiger partial charge is 0.417 e. The number of halogens is 3. The van der Waals surface area contributed by atoms with Gasteiger partial charge in [-0.1, -0.05) is 67.1 Å². The van der Waals surface area contributed by atoms with Crippen LogP contribution in [0, 0.1) is 6.92 Å². The molecule has 3 aromatic rings. The van der Waals surface area contributed by atoms with Crippen LogP contribution in [0.1, 0.15) is 130 Å². The Labute approximate surface area is 491 Å². The largest absolute Gasteiger partial charge is 0.491 e. The third kappa shape index (κ3) is 25.4. The topological polar surface area (TPSA) is 149 Å². The van der Waals surface area contributed by atoms with Crippen molar-refractivity contribution in [1.82, 2.24) is 24.5 Å².